The molecule has 0 N–H and O–H groups in total. The summed E-state index contributed by atoms with van der Waals surface area (Å²) in [4.78, 5) is 14.2. The van der Waals surface area contributed by atoms with Gasteiger partial charge in [-0.3, -0.25) is 9.79 Å². The molecule has 0 fully saturated rings. The van der Waals surface area contributed by atoms with Crippen molar-refractivity contribution >= 4 is 12.5 Å². The van der Waals surface area contributed by atoms with Crippen LogP contribution in [0.25, 0.3) is 0 Å². The molecule has 0 radical (unpaired) electrons. The number of aliphatic imine (C=N–C) groups is 1. The van der Waals surface area contributed by atoms with Crippen LogP contribution in [0.2, 0.25) is 0 Å². The molecular weight excluding hydrogens is 114 g/mol. The topological polar surface area (TPSA) is 29.4 Å². The van der Waals surface area contributed by atoms with E-state index in [1.807, 2.05) is 13.0 Å². The Kier molecular flexibility index (Phi) is 1.78. The van der Waals surface area contributed by atoms with Gasteiger partial charge in [-0.05, 0) is 13.3 Å². The average Bonchev–Trinajstić information content (AvgIpc) is 1.90. The van der Waals surface area contributed by atoms with Gasteiger partial charge < -0.3 is 0 Å². The van der Waals surface area contributed by atoms with Crippen molar-refractivity contribution < 1.29 is 4.79 Å². The van der Waals surface area contributed by atoms with Crippen LogP contribution in [-0.4, -0.2) is 18.5 Å². The van der Waals surface area contributed by atoms with E-state index in [0.717, 1.165) is 12.7 Å². The van der Waals surface area contributed by atoms with E-state index in [1.165, 1.54) is 0 Å². The third-order valence-electron chi connectivity index (χ3n) is 1.31. The van der Waals surface area contributed by atoms with Crippen LogP contribution in [0.1, 0.15) is 13.3 Å². The summed E-state index contributed by atoms with van der Waals surface area (Å²) in [6, 6.07) is 0.355. The van der Waals surface area contributed by atoms with Gasteiger partial charge in [0.15, 0.2) is 6.29 Å². The Labute approximate surface area is 54.3 Å². The van der Waals surface area contributed by atoms with Gasteiger partial charge in [-0.25, -0.2) is 0 Å². The second-order valence-electron chi connectivity index (χ2n) is 2.18. The minimum absolute atomic E-state index is 0.355. The molecule has 1 aliphatic heterocycles. The second-order valence-corrected chi connectivity index (χ2v) is 2.18. The first kappa shape index (κ1) is 6.20. The third-order valence-corrected chi connectivity index (χ3v) is 1.31. The number of carbonyl (C=O) groups excluding carboxylic acids is 1. The van der Waals surface area contributed by atoms with Crippen molar-refractivity contribution in [2.24, 2.45) is 4.99 Å². The Bertz CT molecular complexity index is 170. The lowest BCUT2D eigenvalue weighted by Gasteiger charge is -2.05. The Balaban J connectivity index is 2.62. The van der Waals surface area contributed by atoms with Crippen molar-refractivity contribution in [3.05, 3.63) is 11.6 Å². The van der Waals surface area contributed by atoms with Crippen LogP contribution in [0.5, 0.6) is 0 Å². The van der Waals surface area contributed by atoms with E-state index in [9.17, 15) is 4.79 Å². The Hall–Kier alpha value is -0.920. The Morgan fingerprint density at radius 2 is 2.67 bits per heavy atom. The van der Waals surface area contributed by atoms with Crippen molar-refractivity contribution in [2.45, 2.75) is 19.4 Å². The molecule has 0 amide bonds. The lowest BCUT2D eigenvalue weighted by molar-refractivity contribution is -0.104. The minimum atomic E-state index is 0.355. The van der Waals surface area contributed by atoms with Crippen LogP contribution in [0.3, 0.4) is 0 Å². The molecule has 1 aliphatic rings. The van der Waals surface area contributed by atoms with Crippen LogP contribution < -0.4 is 0 Å². The molecule has 0 aromatic heterocycles. The molecule has 48 valence electrons. The highest BCUT2D eigenvalue weighted by molar-refractivity contribution is 6.02. The van der Waals surface area contributed by atoms with Gasteiger partial charge >= 0.3 is 0 Å². The molecular formula is C7H9NO. The van der Waals surface area contributed by atoms with Crippen molar-refractivity contribution in [3.63, 3.8) is 0 Å². The predicted octanol–water partition coefficient (Wildman–Crippen LogP) is 0.975. The third kappa shape index (κ3) is 1.49. The quantitative estimate of drug-likeness (QED) is 0.478. The van der Waals surface area contributed by atoms with Crippen molar-refractivity contribution in [1.29, 1.82) is 0 Å². The summed E-state index contributed by atoms with van der Waals surface area (Å²) in [7, 11) is 0. The van der Waals surface area contributed by atoms with E-state index in [2.05, 4.69) is 4.99 Å². The summed E-state index contributed by atoms with van der Waals surface area (Å²) >= 11 is 0. The first-order valence-electron chi connectivity index (χ1n) is 3.01. The molecule has 0 aliphatic carbocycles. The SMILES string of the molecule is CC1CC=C(C=O)C=N1. The molecule has 2 heteroatoms. The van der Waals surface area contributed by atoms with Crippen LogP contribution >= 0.6 is 0 Å². The molecule has 0 saturated heterocycles. The molecule has 1 unspecified atom stereocenters. The number of hydrogen-bond donors (Lipinski definition) is 0. The van der Waals surface area contributed by atoms with E-state index < -0.39 is 0 Å². The fourth-order valence-electron chi connectivity index (χ4n) is 0.712. The monoisotopic (exact) mass is 123 g/mol. The van der Waals surface area contributed by atoms with E-state index >= 15 is 0 Å². The predicted molar refractivity (Wildman–Crippen MR) is 36.7 cm³/mol. The number of aldehydes is 1. The molecule has 1 rings (SSSR count). The zero-order valence-corrected chi connectivity index (χ0v) is 5.37. The zero-order valence-electron chi connectivity index (χ0n) is 5.37. The number of nitrogens with zero attached hydrogens (tertiary/aromatic N) is 1. The fourth-order valence-corrected chi connectivity index (χ4v) is 0.712. The summed E-state index contributed by atoms with van der Waals surface area (Å²) in [5.74, 6) is 0. The Morgan fingerprint density at radius 1 is 1.89 bits per heavy atom. The van der Waals surface area contributed by atoms with Crippen LogP contribution in [0.15, 0.2) is 16.6 Å². The highest BCUT2D eigenvalue weighted by Crippen LogP contribution is 2.05. The molecule has 0 saturated carbocycles. The van der Waals surface area contributed by atoms with Gasteiger partial charge in [0.2, 0.25) is 0 Å². The van der Waals surface area contributed by atoms with E-state index in [4.69, 9.17) is 0 Å². The summed E-state index contributed by atoms with van der Waals surface area (Å²) in [6.07, 6.45) is 5.26. The van der Waals surface area contributed by atoms with Gasteiger partial charge in [-0.15, -0.1) is 0 Å². The van der Waals surface area contributed by atoms with Gasteiger partial charge in [-0.2, -0.15) is 0 Å². The van der Waals surface area contributed by atoms with E-state index in [1.54, 1.807) is 6.21 Å². The largest absolute Gasteiger partial charge is 0.298 e. The first-order valence-corrected chi connectivity index (χ1v) is 3.01. The molecule has 9 heavy (non-hydrogen) atoms. The number of allylic oxidation sites excluding steroid dienone is 1. The molecule has 2 nitrogen and oxygen atoms in total. The van der Waals surface area contributed by atoms with Gasteiger partial charge in [0.1, 0.15) is 0 Å². The number of hydrogen-bond acceptors (Lipinski definition) is 2. The molecule has 0 aromatic rings. The van der Waals surface area contributed by atoms with Crippen LogP contribution in [-0.2, 0) is 4.79 Å². The Morgan fingerprint density at radius 3 is 3.11 bits per heavy atom. The van der Waals surface area contributed by atoms with E-state index in [-0.39, 0.29) is 0 Å². The summed E-state index contributed by atoms with van der Waals surface area (Å²) < 4.78 is 0. The maximum Gasteiger partial charge on any atom is 0.151 e. The first-order chi connectivity index (χ1) is 4.33. The van der Waals surface area contributed by atoms with Crippen molar-refractivity contribution in [2.75, 3.05) is 0 Å². The lowest BCUT2D eigenvalue weighted by Crippen LogP contribution is -2.03. The van der Waals surface area contributed by atoms with Crippen LogP contribution in [0, 0.1) is 0 Å². The van der Waals surface area contributed by atoms with E-state index in [0.29, 0.717) is 11.6 Å². The number of dihydropyridines is 1. The maximum absolute atomic E-state index is 10.1. The normalized spacial score (nSPS) is 25.4. The van der Waals surface area contributed by atoms with Gasteiger partial charge in [0, 0.05) is 11.8 Å². The minimum Gasteiger partial charge on any atom is -0.298 e. The molecule has 0 bridgehead atoms. The zero-order chi connectivity index (χ0) is 6.69. The van der Waals surface area contributed by atoms with Gasteiger partial charge in [0.05, 0.1) is 6.04 Å². The highest BCUT2D eigenvalue weighted by atomic mass is 16.1. The molecule has 0 aromatic carbocycles. The second kappa shape index (κ2) is 2.58. The van der Waals surface area contributed by atoms with Crippen LogP contribution in [0.4, 0.5) is 0 Å². The molecule has 1 atom stereocenters. The standard InChI is InChI=1S/C7H9NO/c1-6-2-3-7(5-9)4-8-6/h3-6H,2H2,1H3. The smallest absolute Gasteiger partial charge is 0.151 e. The molecule has 0 spiro atoms. The molecule has 1 heterocycles. The lowest BCUT2D eigenvalue weighted by atomic mass is 10.1. The van der Waals surface area contributed by atoms with Crippen molar-refractivity contribution in [3.8, 4) is 0 Å². The summed E-state index contributed by atoms with van der Waals surface area (Å²) in [5, 5.41) is 0. The van der Waals surface area contributed by atoms with Gasteiger partial charge in [-0.1, -0.05) is 6.08 Å². The summed E-state index contributed by atoms with van der Waals surface area (Å²) in [6.45, 7) is 2.02. The highest BCUT2D eigenvalue weighted by Gasteiger charge is 2.01. The summed E-state index contributed by atoms with van der Waals surface area (Å²) in [5.41, 5.74) is 0.702. The number of rotatable bonds is 1. The maximum atomic E-state index is 10.1. The van der Waals surface area contributed by atoms with Crippen molar-refractivity contribution in [1.82, 2.24) is 0 Å². The van der Waals surface area contributed by atoms with Gasteiger partial charge in [0.25, 0.3) is 0 Å². The average molecular weight is 123 g/mol. The number of carbonyl (C=O) groups is 1. The fraction of sp³-hybridized carbons (Fsp3) is 0.429.